The van der Waals surface area contributed by atoms with Gasteiger partial charge in [0.25, 0.3) is 11.8 Å². The minimum atomic E-state index is -0.344. The van der Waals surface area contributed by atoms with Crippen LogP contribution < -0.4 is 10.1 Å². The standard InChI is InChI=1S/C13H14N2O3/c1-8-4-5-11(18-3)9(6-8)14-10-7-12(16)15(2)13(10)17/h4-7,14H,1-3H3. The van der Waals surface area contributed by atoms with Gasteiger partial charge in [-0.2, -0.15) is 0 Å². The van der Waals surface area contributed by atoms with Crippen molar-refractivity contribution in [2.75, 3.05) is 19.5 Å². The molecule has 0 bridgehead atoms. The number of carbonyl (C=O) groups is 2. The van der Waals surface area contributed by atoms with Crippen molar-refractivity contribution in [3.05, 3.63) is 35.5 Å². The van der Waals surface area contributed by atoms with Crippen molar-refractivity contribution in [2.24, 2.45) is 0 Å². The maximum atomic E-state index is 11.7. The molecule has 0 spiro atoms. The summed E-state index contributed by atoms with van der Waals surface area (Å²) in [5.41, 5.74) is 1.95. The van der Waals surface area contributed by atoms with E-state index in [2.05, 4.69) is 5.32 Å². The summed E-state index contributed by atoms with van der Waals surface area (Å²) < 4.78 is 5.20. The number of imide groups is 1. The van der Waals surface area contributed by atoms with Gasteiger partial charge in [-0.05, 0) is 24.6 Å². The van der Waals surface area contributed by atoms with Gasteiger partial charge in [0.1, 0.15) is 11.4 Å². The van der Waals surface area contributed by atoms with E-state index in [9.17, 15) is 9.59 Å². The van der Waals surface area contributed by atoms with Gasteiger partial charge in [-0.1, -0.05) is 6.07 Å². The van der Waals surface area contributed by atoms with Crippen LogP contribution in [0.5, 0.6) is 5.75 Å². The van der Waals surface area contributed by atoms with Gasteiger partial charge in [0.15, 0.2) is 0 Å². The van der Waals surface area contributed by atoms with Gasteiger partial charge in [0.2, 0.25) is 0 Å². The molecule has 0 fully saturated rings. The van der Waals surface area contributed by atoms with Gasteiger partial charge >= 0.3 is 0 Å². The number of benzene rings is 1. The summed E-state index contributed by atoms with van der Waals surface area (Å²) >= 11 is 0. The number of methoxy groups -OCH3 is 1. The lowest BCUT2D eigenvalue weighted by atomic mass is 10.2. The molecule has 1 aliphatic rings. The zero-order valence-corrected chi connectivity index (χ0v) is 10.5. The summed E-state index contributed by atoms with van der Waals surface area (Å²) in [7, 11) is 3.00. The number of amides is 2. The predicted octanol–water partition coefficient (Wildman–Crippen LogP) is 1.30. The first-order chi connectivity index (χ1) is 8.52. The summed E-state index contributed by atoms with van der Waals surface area (Å²) in [4.78, 5) is 24.2. The molecule has 5 nitrogen and oxygen atoms in total. The van der Waals surface area contributed by atoms with Gasteiger partial charge < -0.3 is 10.1 Å². The van der Waals surface area contributed by atoms with Crippen LogP contribution >= 0.6 is 0 Å². The maximum Gasteiger partial charge on any atom is 0.277 e. The second kappa shape index (κ2) is 4.52. The minimum absolute atomic E-state index is 0.256. The minimum Gasteiger partial charge on any atom is -0.495 e. The predicted molar refractivity (Wildman–Crippen MR) is 67.2 cm³/mol. The number of hydrogen-bond acceptors (Lipinski definition) is 4. The average Bonchev–Trinajstić information content (AvgIpc) is 2.57. The van der Waals surface area contributed by atoms with Crippen molar-refractivity contribution >= 4 is 17.5 Å². The number of aryl methyl sites for hydroxylation is 1. The molecular formula is C13H14N2O3. The zero-order valence-electron chi connectivity index (χ0n) is 10.5. The third kappa shape index (κ3) is 2.07. The Labute approximate surface area is 105 Å². The van der Waals surface area contributed by atoms with Crippen LogP contribution in [-0.2, 0) is 9.59 Å². The van der Waals surface area contributed by atoms with E-state index in [-0.39, 0.29) is 17.5 Å². The van der Waals surface area contributed by atoms with E-state index in [0.717, 1.165) is 10.5 Å². The molecule has 0 saturated carbocycles. The van der Waals surface area contributed by atoms with Crippen LogP contribution in [0.15, 0.2) is 30.0 Å². The lowest BCUT2D eigenvalue weighted by Crippen LogP contribution is -2.27. The van der Waals surface area contributed by atoms with E-state index in [0.29, 0.717) is 11.4 Å². The number of carbonyl (C=O) groups excluding carboxylic acids is 2. The highest BCUT2D eigenvalue weighted by atomic mass is 16.5. The third-order valence-corrected chi connectivity index (χ3v) is 2.76. The number of hydrogen-bond donors (Lipinski definition) is 1. The lowest BCUT2D eigenvalue weighted by Gasteiger charge is -2.12. The first-order valence-corrected chi connectivity index (χ1v) is 5.48. The Morgan fingerprint density at radius 1 is 1.28 bits per heavy atom. The number of anilines is 1. The molecule has 1 aromatic carbocycles. The second-order valence-electron chi connectivity index (χ2n) is 4.09. The molecule has 0 radical (unpaired) electrons. The van der Waals surface area contributed by atoms with Crippen molar-refractivity contribution in [3.63, 3.8) is 0 Å². The molecule has 2 rings (SSSR count). The Kier molecular flexibility index (Phi) is 3.06. The van der Waals surface area contributed by atoms with Crippen LogP contribution in [0, 0.1) is 6.92 Å². The van der Waals surface area contributed by atoms with Gasteiger partial charge in [0.05, 0.1) is 12.8 Å². The van der Waals surface area contributed by atoms with E-state index in [1.54, 1.807) is 7.11 Å². The van der Waals surface area contributed by atoms with E-state index < -0.39 is 0 Å². The molecule has 0 aromatic heterocycles. The molecule has 1 aromatic rings. The Bertz CT molecular complexity index is 549. The third-order valence-electron chi connectivity index (χ3n) is 2.76. The van der Waals surface area contributed by atoms with Crippen LogP contribution in [0.2, 0.25) is 0 Å². The number of likely N-dealkylation sites (N-methyl/N-ethyl adjacent to an activating group) is 1. The summed E-state index contributed by atoms with van der Waals surface area (Å²) in [5.74, 6) is -0.0472. The van der Waals surface area contributed by atoms with E-state index in [1.165, 1.54) is 13.1 Å². The van der Waals surface area contributed by atoms with E-state index in [1.807, 2.05) is 25.1 Å². The number of ether oxygens (including phenoxy) is 1. The largest absolute Gasteiger partial charge is 0.495 e. The van der Waals surface area contributed by atoms with Gasteiger partial charge in [-0.25, -0.2) is 0 Å². The van der Waals surface area contributed by atoms with Crippen LogP contribution in [0.25, 0.3) is 0 Å². The quantitative estimate of drug-likeness (QED) is 0.817. The van der Waals surface area contributed by atoms with Crippen molar-refractivity contribution in [1.82, 2.24) is 4.90 Å². The number of nitrogens with zero attached hydrogens (tertiary/aromatic N) is 1. The topological polar surface area (TPSA) is 58.6 Å². The fraction of sp³-hybridized carbons (Fsp3) is 0.231. The summed E-state index contributed by atoms with van der Waals surface area (Å²) in [6.45, 7) is 1.94. The fourth-order valence-electron chi connectivity index (χ4n) is 1.72. The van der Waals surface area contributed by atoms with Crippen LogP contribution in [0.4, 0.5) is 5.69 Å². The Balaban J connectivity index is 2.30. The number of rotatable bonds is 3. The van der Waals surface area contributed by atoms with Crippen molar-refractivity contribution in [1.29, 1.82) is 0 Å². The SMILES string of the molecule is COc1ccc(C)cc1NC1=CC(=O)N(C)C1=O. The second-order valence-corrected chi connectivity index (χ2v) is 4.09. The molecule has 18 heavy (non-hydrogen) atoms. The van der Waals surface area contributed by atoms with E-state index >= 15 is 0 Å². The van der Waals surface area contributed by atoms with Crippen molar-refractivity contribution in [2.45, 2.75) is 6.92 Å². The molecule has 0 unspecified atom stereocenters. The molecule has 94 valence electrons. The lowest BCUT2D eigenvalue weighted by molar-refractivity contribution is -0.135. The highest BCUT2D eigenvalue weighted by molar-refractivity contribution is 6.17. The molecule has 1 heterocycles. The fourth-order valence-corrected chi connectivity index (χ4v) is 1.72. The molecule has 2 amide bonds. The molecule has 1 aliphatic heterocycles. The molecule has 5 heteroatoms. The number of nitrogens with one attached hydrogen (secondary N) is 1. The molecule has 1 N–H and O–H groups in total. The highest BCUT2D eigenvalue weighted by Gasteiger charge is 2.28. The van der Waals surface area contributed by atoms with Crippen LogP contribution in [-0.4, -0.2) is 30.9 Å². The Morgan fingerprint density at radius 2 is 2.00 bits per heavy atom. The average molecular weight is 246 g/mol. The first-order valence-electron chi connectivity index (χ1n) is 5.48. The normalized spacial score (nSPS) is 14.8. The maximum absolute atomic E-state index is 11.7. The molecular weight excluding hydrogens is 232 g/mol. The van der Waals surface area contributed by atoms with Crippen LogP contribution in [0.3, 0.4) is 0 Å². The summed E-state index contributed by atoms with van der Waals surface area (Å²) in [6, 6.07) is 5.57. The molecule has 0 aliphatic carbocycles. The van der Waals surface area contributed by atoms with Gasteiger partial charge in [-0.3, -0.25) is 14.5 Å². The van der Waals surface area contributed by atoms with Gasteiger partial charge in [0, 0.05) is 13.1 Å². The summed E-state index contributed by atoms with van der Waals surface area (Å²) in [6.07, 6.45) is 1.28. The van der Waals surface area contributed by atoms with E-state index in [4.69, 9.17) is 4.74 Å². The highest BCUT2D eigenvalue weighted by Crippen LogP contribution is 2.27. The zero-order chi connectivity index (χ0) is 13.3. The smallest absolute Gasteiger partial charge is 0.277 e. The van der Waals surface area contributed by atoms with Crippen LogP contribution in [0.1, 0.15) is 5.56 Å². The molecule has 0 atom stereocenters. The van der Waals surface area contributed by atoms with Crippen molar-refractivity contribution in [3.8, 4) is 5.75 Å². The van der Waals surface area contributed by atoms with Crippen molar-refractivity contribution < 1.29 is 14.3 Å². The molecule has 0 saturated heterocycles. The monoisotopic (exact) mass is 246 g/mol. The summed E-state index contributed by atoms with van der Waals surface area (Å²) in [5, 5.41) is 2.94. The Morgan fingerprint density at radius 3 is 2.56 bits per heavy atom. The Hall–Kier alpha value is -2.30. The first kappa shape index (κ1) is 12.2. The van der Waals surface area contributed by atoms with Gasteiger partial charge in [-0.15, -0.1) is 0 Å².